The largest absolute Gasteiger partial charge is 0.356 e. The van der Waals surface area contributed by atoms with Gasteiger partial charge in [0.05, 0.1) is 0 Å². The van der Waals surface area contributed by atoms with E-state index < -0.39 is 12.1 Å². The first kappa shape index (κ1) is 17.9. The van der Waals surface area contributed by atoms with Crippen LogP contribution in [-0.4, -0.2) is 30.4 Å². The Morgan fingerprint density at radius 1 is 0.966 bits per heavy atom. The van der Waals surface area contributed by atoms with Crippen molar-refractivity contribution >= 4 is 17.8 Å². The molecule has 0 spiro atoms. The summed E-state index contributed by atoms with van der Waals surface area (Å²) in [6.07, 6.45) is 1.55. The lowest BCUT2D eigenvalue weighted by molar-refractivity contribution is -0.122. The Bertz CT molecular complexity index is 955. The van der Waals surface area contributed by atoms with Crippen LogP contribution in [0.1, 0.15) is 53.4 Å². The van der Waals surface area contributed by atoms with Gasteiger partial charge in [0.15, 0.2) is 0 Å². The Morgan fingerprint density at radius 2 is 1.59 bits per heavy atom. The summed E-state index contributed by atoms with van der Waals surface area (Å²) in [7, 11) is 0. The van der Waals surface area contributed by atoms with Crippen molar-refractivity contribution in [3.8, 4) is 0 Å². The molecule has 1 saturated heterocycles. The first-order valence-electron chi connectivity index (χ1n) is 10.2. The average molecular weight is 389 g/mol. The molecule has 0 unspecified atom stereocenters. The summed E-state index contributed by atoms with van der Waals surface area (Å²) in [5.74, 6) is 0.588. The molecule has 6 heteroatoms. The molecule has 0 radical (unpaired) electrons. The van der Waals surface area contributed by atoms with Gasteiger partial charge in [0.2, 0.25) is 5.91 Å². The van der Waals surface area contributed by atoms with Gasteiger partial charge in [0, 0.05) is 24.8 Å². The number of amides is 4. The zero-order valence-electron chi connectivity index (χ0n) is 16.0. The number of carbonyl (C=O) groups excluding carboxylic acids is 3. The van der Waals surface area contributed by atoms with Crippen molar-refractivity contribution in [1.29, 1.82) is 0 Å². The van der Waals surface area contributed by atoms with E-state index in [1.54, 1.807) is 0 Å². The summed E-state index contributed by atoms with van der Waals surface area (Å²) in [4.78, 5) is 35.1. The zero-order chi connectivity index (χ0) is 20.0. The number of hydrogen-bond acceptors (Lipinski definition) is 3. The molecule has 0 saturated carbocycles. The Hall–Kier alpha value is -3.15. The minimum Gasteiger partial charge on any atom is -0.356 e. The highest BCUT2D eigenvalue weighted by atomic mass is 16.2. The Labute approximate surface area is 169 Å². The normalized spacial score (nSPS) is 26.3. The molecule has 0 aromatic heterocycles. The highest BCUT2D eigenvalue weighted by Crippen LogP contribution is 2.55. The highest BCUT2D eigenvalue weighted by Gasteiger charge is 2.42. The molecule has 148 valence electrons. The lowest BCUT2D eigenvalue weighted by atomic mass is 9.59. The fourth-order valence-corrected chi connectivity index (χ4v) is 5.23. The molecule has 4 aliphatic rings. The lowest BCUT2D eigenvalue weighted by Crippen LogP contribution is -2.39. The van der Waals surface area contributed by atoms with Gasteiger partial charge in [-0.05, 0) is 41.0 Å². The summed E-state index contributed by atoms with van der Waals surface area (Å²) in [6.45, 7) is 0.617. The van der Waals surface area contributed by atoms with E-state index >= 15 is 0 Å². The molecule has 6 nitrogen and oxygen atoms in total. The number of nitrogens with one attached hydrogen (secondary N) is 3. The number of hydrogen-bond donors (Lipinski definition) is 3. The molecule has 2 aromatic carbocycles. The van der Waals surface area contributed by atoms with Crippen LogP contribution in [0.15, 0.2) is 48.5 Å². The molecule has 3 aliphatic carbocycles. The number of urea groups is 1. The average Bonchev–Trinajstić information content (AvgIpc) is 3.07. The summed E-state index contributed by atoms with van der Waals surface area (Å²) in [5.41, 5.74) is 5.60. The van der Waals surface area contributed by atoms with Crippen molar-refractivity contribution in [2.45, 2.75) is 37.1 Å². The number of fused-ring (bicyclic) bond motifs is 1. The second kappa shape index (κ2) is 7.03. The van der Waals surface area contributed by atoms with E-state index in [9.17, 15) is 14.4 Å². The van der Waals surface area contributed by atoms with Gasteiger partial charge in [-0.2, -0.15) is 0 Å². The molecule has 6 rings (SSSR count). The molecule has 2 aromatic rings. The second-order valence-electron chi connectivity index (χ2n) is 8.14. The van der Waals surface area contributed by atoms with E-state index in [2.05, 4.69) is 64.5 Å². The van der Waals surface area contributed by atoms with Gasteiger partial charge < -0.3 is 10.6 Å². The van der Waals surface area contributed by atoms with Crippen LogP contribution in [0.25, 0.3) is 0 Å². The zero-order valence-corrected chi connectivity index (χ0v) is 16.0. The first-order chi connectivity index (χ1) is 14.1. The van der Waals surface area contributed by atoms with Crippen molar-refractivity contribution in [2.75, 3.05) is 6.54 Å². The van der Waals surface area contributed by atoms with Crippen molar-refractivity contribution < 1.29 is 14.4 Å². The smallest absolute Gasteiger partial charge is 0.322 e. The molecule has 29 heavy (non-hydrogen) atoms. The predicted molar refractivity (Wildman–Crippen MR) is 107 cm³/mol. The van der Waals surface area contributed by atoms with E-state index in [1.807, 2.05) is 0 Å². The van der Waals surface area contributed by atoms with Crippen LogP contribution >= 0.6 is 0 Å². The second-order valence-corrected chi connectivity index (χ2v) is 8.14. The van der Waals surface area contributed by atoms with Crippen molar-refractivity contribution in [3.05, 3.63) is 70.8 Å². The number of carbonyl (C=O) groups is 3. The molecule has 1 aliphatic heterocycles. The molecule has 2 bridgehead atoms. The summed E-state index contributed by atoms with van der Waals surface area (Å²) < 4.78 is 0. The monoisotopic (exact) mass is 389 g/mol. The van der Waals surface area contributed by atoms with Crippen LogP contribution in [0.5, 0.6) is 0 Å². The Balaban J connectivity index is 1.26. The van der Waals surface area contributed by atoms with Crippen LogP contribution in [0, 0.1) is 5.92 Å². The summed E-state index contributed by atoms with van der Waals surface area (Å²) >= 11 is 0. The Kier molecular flexibility index (Phi) is 4.34. The number of rotatable bonds is 5. The van der Waals surface area contributed by atoms with Gasteiger partial charge in [-0.3, -0.25) is 14.9 Å². The number of imide groups is 1. The summed E-state index contributed by atoms with van der Waals surface area (Å²) in [5, 5.41) is 7.79. The van der Waals surface area contributed by atoms with Crippen LogP contribution in [-0.2, 0) is 9.59 Å². The predicted octanol–water partition coefficient (Wildman–Crippen LogP) is 2.39. The molecule has 3 N–H and O–H groups in total. The maximum absolute atomic E-state index is 12.4. The maximum Gasteiger partial charge on any atom is 0.322 e. The fourth-order valence-electron chi connectivity index (χ4n) is 5.23. The quantitative estimate of drug-likeness (QED) is 0.686. The fraction of sp³-hybridized carbons (Fsp3) is 0.348. The van der Waals surface area contributed by atoms with E-state index in [0.29, 0.717) is 30.7 Å². The van der Waals surface area contributed by atoms with E-state index in [-0.39, 0.29) is 18.2 Å². The molecule has 1 heterocycles. The SMILES string of the molecule is O=C(CC[C@@H]1NC(=O)NC1=O)NC[C@H]1CC2c3ccccc3C1c1ccccc12. The maximum atomic E-state index is 12.4. The highest BCUT2D eigenvalue weighted by molar-refractivity contribution is 6.04. The standard InChI is InChI=1S/C23H23N3O3/c27-20(10-9-19-22(28)26-23(29)25-19)24-12-13-11-18-14-5-1-3-7-16(14)21(13)17-8-4-2-6-15(17)18/h1-8,13,18-19,21H,9-12H2,(H,24,27)(H2,25,26,28,29)/t13-,18?,19+,21?/m1/s1. The van der Waals surface area contributed by atoms with Crippen LogP contribution in [0.2, 0.25) is 0 Å². The molecular weight excluding hydrogens is 366 g/mol. The van der Waals surface area contributed by atoms with Gasteiger partial charge in [0.1, 0.15) is 6.04 Å². The van der Waals surface area contributed by atoms with Gasteiger partial charge in [-0.25, -0.2) is 4.79 Å². The Morgan fingerprint density at radius 3 is 2.17 bits per heavy atom. The van der Waals surface area contributed by atoms with Crippen molar-refractivity contribution in [1.82, 2.24) is 16.0 Å². The van der Waals surface area contributed by atoms with Crippen LogP contribution in [0.4, 0.5) is 4.79 Å². The van der Waals surface area contributed by atoms with E-state index in [0.717, 1.165) is 6.42 Å². The van der Waals surface area contributed by atoms with Gasteiger partial charge >= 0.3 is 6.03 Å². The van der Waals surface area contributed by atoms with Crippen LogP contribution < -0.4 is 16.0 Å². The van der Waals surface area contributed by atoms with Crippen molar-refractivity contribution in [3.63, 3.8) is 0 Å². The van der Waals surface area contributed by atoms with E-state index in [4.69, 9.17) is 0 Å². The minimum absolute atomic E-state index is 0.0815. The first-order valence-corrected chi connectivity index (χ1v) is 10.2. The van der Waals surface area contributed by atoms with Gasteiger partial charge in [0.25, 0.3) is 5.91 Å². The lowest BCUT2D eigenvalue weighted by Gasteiger charge is -2.45. The summed E-state index contributed by atoms with van der Waals surface area (Å²) in [6, 6.07) is 16.2. The molecule has 1 fully saturated rings. The topological polar surface area (TPSA) is 87.3 Å². The molecule has 4 amide bonds. The van der Waals surface area contributed by atoms with Crippen LogP contribution in [0.3, 0.4) is 0 Å². The molecular formula is C23H23N3O3. The third-order valence-corrected chi connectivity index (χ3v) is 6.50. The third kappa shape index (κ3) is 3.09. The minimum atomic E-state index is -0.613. The van der Waals surface area contributed by atoms with Gasteiger partial charge in [-0.15, -0.1) is 0 Å². The van der Waals surface area contributed by atoms with Gasteiger partial charge in [-0.1, -0.05) is 48.5 Å². The van der Waals surface area contributed by atoms with Crippen molar-refractivity contribution in [2.24, 2.45) is 5.92 Å². The van der Waals surface area contributed by atoms with E-state index in [1.165, 1.54) is 22.3 Å². The number of benzene rings is 2. The third-order valence-electron chi connectivity index (χ3n) is 6.50. The molecule has 2 atom stereocenters.